The van der Waals surface area contributed by atoms with Gasteiger partial charge in [-0.2, -0.15) is 18.4 Å². The molecule has 14 heteroatoms. The van der Waals surface area contributed by atoms with Gasteiger partial charge in [-0.05, 0) is 35.0 Å². The van der Waals surface area contributed by atoms with E-state index in [0.29, 0.717) is 11.3 Å². The van der Waals surface area contributed by atoms with Gasteiger partial charge in [-0.3, -0.25) is 0 Å². The molecule has 0 spiro atoms. The number of hydrogen-bond acceptors (Lipinski definition) is 6. The monoisotopic (exact) mass is 477 g/mol. The van der Waals surface area contributed by atoms with Gasteiger partial charge in [0.15, 0.2) is 5.76 Å². The van der Waals surface area contributed by atoms with E-state index in [2.05, 4.69) is 30.7 Å². The maximum atomic E-state index is 13.6. The second kappa shape index (κ2) is 7.89. The van der Waals surface area contributed by atoms with Gasteiger partial charge in [0.2, 0.25) is 5.82 Å². The fraction of sp³-hybridized carbons (Fsp3) is 0.167. The van der Waals surface area contributed by atoms with Gasteiger partial charge < -0.3 is 14.5 Å². The van der Waals surface area contributed by atoms with E-state index in [-0.39, 0.29) is 28.4 Å². The summed E-state index contributed by atoms with van der Waals surface area (Å²) in [6.45, 7) is 0.116. The van der Waals surface area contributed by atoms with Gasteiger partial charge in [-0.15, -0.1) is 23.4 Å². The number of anilines is 1. The highest BCUT2D eigenvalue weighted by Gasteiger charge is 2.40. The zero-order chi connectivity index (χ0) is 23.1. The molecule has 0 saturated heterocycles. The van der Waals surface area contributed by atoms with Crippen LogP contribution in [0.15, 0.2) is 40.8 Å². The molecule has 4 aromatic rings. The molecule has 0 fully saturated rings. The number of nitrogens with zero attached hydrogens (tertiary/aromatic N) is 3. The number of aromatic amines is 1. The molecule has 2 N–H and O–H groups in total. The first-order valence-electron chi connectivity index (χ1n) is 8.67. The van der Waals surface area contributed by atoms with Crippen LogP contribution in [0.5, 0.6) is 5.75 Å². The fourth-order valence-corrected chi connectivity index (χ4v) is 3.19. The summed E-state index contributed by atoms with van der Waals surface area (Å²) in [4.78, 5) is 0. The molecule has 0 saturated carbocycles. The lowest BCUT2D eigenvalue weighted by molar-refractivity contribution is -0.274. The third-order valence-electron chi connectivity index (χ3n) is 4.24. The van der Waals surface area contributed by atoms with Crippen LogP contribution in [0.2, 0.25) is 5.02 Å². The molecule has 0 aliphatic carbocycles. The average molecular weight is 478 g/mol. The zero-order valence-electron chi connectivity index (χ0n) is 15.5. The average Bonchev–Trinajstić information content (AvgIpc) is 3.33. The number of nitrogens with one attached hydrogen (secondary N) is 2. The summed E-state index contributed by atoms with van der Waals surface area (Å²) in [5, 5.41) is 14.9. The molecule has 32 heavy (non-hydrogen) atoms. The maximum absolute atomic E-state index is 13.6. The molecule has 2 heterocycles. The van der Waals surface area contributed by atoms with Crippen LogP contribution in [0.4, 0.5) is 32.0 Å². The van der Waals surface area contributed by atoms with Gasteiger partial charge in [0.05, 0.1) is 5.02 Å². The van der Waals surface area contributed by atoms with Crippen molar-refractivity contribution in [3.05, 3.63) is 52.5 Å². The summed E-state index contributed by atoms with van der Waals surface area (Å²) in [5.41, 5.74) is -0.178. The second-order valence-corrected chi connectivity index (χ2v) is 6.82. The molecule has 7 nitrogen and oxygen atoms in total. The number of alkyl halides is 6. The van der Waals surface area contributed by atoms with Crippen LogP contribution in [-0.4, -0.2) is 27.0 Å². The number of tetrazole rings is 1. The van der Waals surface area contributed by atoms with Crippen molar-refractivity contribution in [2.24, 2.45) is 0 Å². The van der Waals surface area contributed by atoms with E-state index in [9.17, 15) is 26.3 Å². The molecule has 2 aromatic heterocycles. The maximum Gasteiger partial charge on any atom is 0.573 e. The van der Waals surface area contributed by atoms with E-state index in [0.717, 1.165) is 6.07 Å². The highest BCUT2D eigenvalue weighted by Crippen LogP contribution is 2.43. The van der Waals surface area contributed by atoms with Crippen molar-refractivity contribution < 1.29 is 35.5 Å². The summed E-state index contributed by atoms with van der Waals surface area (Å²) in [7, 11) is 0. The van der Waals surface area contributed by atoms with E-state index < -0.39 is 29.6 Å². The summed E-state index contributed by atoms with van der Waals surface area (Å²) in [5.74, 6) is -1.47. The van der Waals surface area contributed by atoms with E-state index in [1.807, 2.05) is 0 Å². The number of H-pyrrole nitrogens is 1. The smallest absolute Gasteiger partial charge is 0.452 e. The first-order valence-corrected chi connectivity index (χ1v) is 9.04. The van der Waals surface area contributed by atoms with E-state index in [4.69, 9.17) is 16.0 Å². The third-order valence-corrected chi connectivity index (χ3v) is 4.54. The lowest BCUT2D eigenvalue weighted by Crippen LogP contribution is -2.17. The van der Waals surface area contributed by atoms with Crippen LogP contribution < -0.4 is 10.1 Å². The van der Waals surface area contributed by atoms with Gasteiger partial charge in [-0.1, -0.05) is 23.7 Å². The first-order chi connectivity index (χ1) is 15.0. The molecule has 4 rings (SSSR count). The van der Waals surface area contributed by atoms with Crippen molar-refractivity contribution in [1.29, 1.82) is 0 Å². The summed E-state index contributed by atoms with van der Waals surface area (Å²) in [6, 6.07) is 7.67. The Morgan fingerprint density at radius 2 is 1.84 bits per heavy atom. The number of rotatable bonds is 5. The van der Waals surface area contributed by atoms with Crippen LogP contribution in [0, 0.1) is 0 Å². The van der Waals surface area contributed by atoms with Crippen molar-refractivity contribution in [3.63, 3.8) is 0 Å². The van der Waals surface area contributed by atoms with E-state index in [1.54, 1.807) is 0 Å². The molecule has 0 amide bonds. The van der Waals surface area contributed by atoms with Crippen molar-refractivity contribution in [2.45, 2.75) is 19.1 Å². The molecule has 0 atom stereocenters. The Kier molecular flexibility index (Phi) is 5.36. The predicted octanol–water partition coefficient (Wildman–Crippen LogP) is 5.80. The van der Waals surface area contributed by atoms with Crippen LogP contribution >= 0.6 is 11.6 Å². The number of benzene rings is 2. The largest absolute Gasteiger partial charge is 0.573 e. The first kappa shape index (κ1) is 21.7. The number of furan rings is 1. The molecular weight excluding hydrogens is 468 g/mol. The Labute approximate surface area is 179 Å². The van der Waals surface area contributed by atoms with Gasteiger partial charge in [0.1, 0.15) is 16.9 Å². The number of aromatic nitrogens is 4. The second-order valence-electron chi connectivity index (χ2n) is 6.42. The van der Waals surface area contributed by atoms with Gasteiger partial charge in [0.25, 0.3) is 0 Å². The molecule has 2 aromatic carbocycles. The lowest BCUT2D eigenvalue weighted by atomic mass is 10.1. The lowest BCUT2D eigenvalue weighted by Gasteiger charge is -2.12. The highest BCUT2D eigenvalue weighted by atomic mass is 35.5. The molecule has 0 aliphatic rings. The number of halogens is 7. The number of fused-ring (bicyclic) bond motifs is 1. The molecule has 168 valence electrons. The summed E-state index contributed by atoms with van der Waals surface area (Å²) in [6.07, 6.45) is -9.61. The van der Waals surface area contributed by atoms with Gasteiger partial charge in [0, 0.05) is 17.6 Å². The Morgan fingerprint density at radius 1 is 1.06 bits per heavy atom. The minimum atomic E-state index is -4.88. The Bertz CT molecular complexity index is 1250. The molecular formula is C18H10ClF6N5O2. The molecule has 0 unspecified atom stereocenters. The van der Waals surface area contributed by atoms with Crippen molar-refractivity contribution in [1.82, 2.24) is 20.6 Å². The number of ether oxygens (including phenoxy) is 1. The van der Waals surface area contributed by atoms with Gasteiger partial charge >= 0.3 is 12.5 Å². The summed E-state index contributed by atoms with van der Waals surface area (Å²) >= 11 is 5.80. The van der Waals surface area contributed by atoms with Crippen LogP contribution in [0.3, 0.4) is 0 Å². The Morgan fingerprint density at radius 3 is 2.47 bits per heavy atom. The predicted molar refractivity (Wildman–Crippen MR) is 99.8 cm³/mol. The minimum Gasteiger partial charge on any atom is -0.452 e. The topological polar surface area (TPSA) is 88.9 Å². The van der Waals surface area contributed by atoms with Crippen molar-refractivity contribution in [3.8, 4) is 17.3 Å². The standard InChI is InChI=1S/C18H10ClF6N5O2/c19-11-6-9(2-4-12(11)32-18(23,24)25)26-7-8-1-3-10-13(5-8)31-15(14(10)17(20,21)22)16-27-29-30-28-16/h1-6,26H,7H2,(H,27,28,29,30). The molecule has 0 bridgehead atoms. The Balaban J connectivity index is 1.58. The van der Waals surface area contributed by atoms with E-state index in [1.165, 1.54) is 30.3 Å². The normalized spacial score (nSPS) is 12.3. The van der Waals surface area contributed by atoms with Crippen molar-refractivity contribution in [2.75, 3.05) is 5.32 Å². The molecule has 0 aliphatic heterocycles. The van der Waals surface area contributed by atoms with E-state index >= 15 is 0 Å². The third kappa shape index (κ3) is 4.56. The SMILES string of the molecule is FC(F)(F)Oc1ccc(NCc2ccc3c(C(F)(F)F)c(-c4nn[nH]n4)oc3c2)cc1Cl. The fourth-order valence-electron chi connectivity index (χ4n) is 2.97. The minimum absolute atomic E-state index is 0.0524. The van der Waals surface area contributed by atoms with Crippen LogP contribution in [0.25, 0.3) is 22.6 Å². The highest BCUT2D eigenvalue weighted by molar-refractivity contribution is 6.32. The summed E-state index contributed by atoms with van der Waals surface area (Å²) < 4.78 is 86.9. The quantitative estimate of drug-likeness (QED) is 0.353. The molecule has 0 radical (unpaired) electrons. The number of hydrogen-bond donors (Lipinski definition) is 2. The van der Waals surface area contributed by atoms with Crippen LogP contribution in [-0.2, 0) is 12.7 Å². The zero-order valence-corrected chi connectivity index (χ0v) is 16.2. The van der Waals surface area contributed by atoms with Gasteiger partial charge in [-0.25, -0.2) is 0 Å². The Hall–Kier alpha value is -3.48. The van der Waals surface area contributed by atoms with Crippen LogP contribution in [0.1, 0.15) is 11.1 Å². The van der Waals surface area contributed by atoms with Crippen molar-refractivity contribution >= 4 is 28.3 Å².